The Bertz CT molecular complexity index is 268. The third-order valence-corrected chi connectivity index (χ3v) is 3.67. The van der Waals surface area contributed by atoms with Gasteiger partial charge in [-0.3, -0.25) is 4.79 Å². The molecule has 1 N–H and O–H groups in total. The van der Waals surface area contributed by atoms with Gasteiger partial charge in [-0.1, -0.05) is 27.7 Å². The molecule has 1 amide bonds. The molecule has 0 aromatic heterocycles. The second-order valence-corrected chi connectivity index (χ2v) is 6.88. The molecule has 0 bridgehead atoms. The van der Waals surface area contributed by atoms with E-state index in [1.165, 1.54) is 0 Å². The molecule has 3 heteroatoms. The molecular weight excluding hydrogens is 226 g/mol. The molecule has 3 nitrogen and oxygen atoms in total. The van der Waals surface area contributed by atoms with Crippen LogP contribution in [0.25, 0.3) is 0 Å². The predicted octanol–water partition coefficient (Wildman–Crippen LogP) is 3.38. The van der Waals surface area contributed by atoms with E-state index in [9.17, 15) is 4.79 Å². The van der Waals surface area contributed by atoms with Gasteiger partial charge in [-0.25, -0.2) is 0 Å². The summed E-state index contributed by atoms with van der Waals surface area (Å²) >= 11 is 0. The summed E-state index contributed by atoms with van der Waals surface area (Å²) in [5, 5.41) is 3.14. The van der Waals surface area contributed by atoms with Crippen molar-refractivity contribution in [1.82, 2.24) is 5.32 Å². The molecule has 0 saturated heterocycles. The molecule has 0 radical (unpaired) electrons. The van der Waals surface area contributed by atoms with Crippen molar-refractivity contribution in [1.29, 1.82) is 0 Å². The van der Waals surface area contributed by atoms with Crippen LogP contribution in [-0.2, 0) is 9.53 Å². The fourth-order valence-corrected chi connectivity index (χ4v) is 1.27. The Kier molecular flexibility index (Phi) is 6.35. The van der Waals surface area contributed by atoms with E-state index in [0.717, 1.165) is 6.42 Å². The van der Waals surface area contributed by atoms with Crippen molar-refractivity contribution in [2.75, 3.05) is 6.61 Å². The highest BCUT2D eigenvalue weighted by Crippen LogP contribution is 2.24. The van der Waals surface area contributed by atoms with E-state index in [0.29, 0.717) is 12.5 Å². The Morgan fingerprint density at radius 1 is 1.11 bits per heavy atom. The molecule has 0 aromatic carbocycles. The molecule has 108 valence electrons. The van der Waals surface area contributed by atoms with Crippen LogP contribution in [0.5, 0.6) is 0 Å². The summed E-state index contributed by atoms with van der Waals surface area (Å²) < 4.78 is 5.53. The Morgan fingerprint density at radius 3 is 2.00 bits per heavy atom. The van der Waals surface area contributed by atoms with Crippen LogP contribution in [-0.4, -0.2) is 24.2 Å². The number of rotatable bonds is 7. The van der Waals surface area contributed by atoms with Crippen molar-refractivity contribution in [2.24, 2.45) is 11.3 Å². The van der Waals surface area contributed by atoms with E-state index < -0.39 is 0 Å². The number of carbonyl (C=O) groups excluding carboxylic acids is 1. The number of hydrogen-bond acceptors (Lipinski definition) is 2. The van der Waals surface area contributed by atoms with E-state index in [1.54, 1.807) is 0 Å². The summed E-state index contributed by atoms with van der Waals surface area (Å²) in [4.78, 5) is 12.3. The minimum atomic E-state index is -0.388. The third kappa shape index (κ3) is 5.85. The van der Waals surface area contributed by atoms with Gasteiger partial charge >= 0.3 is 0 Å². The van der Waals surface area contributed by atoms with Crippen LogP contribution < -0.4 is 5.32 Å². The molecule has 0 aliphatic carbocycles. The molecule has 0 spiro atoms. The van der Waals surface area contributed by atoms with Crippen LogP contribution in [0, 0.1) is 11.3 Å². The molecule has 18 heavy (non-hydrogen) atoms. The lowest BCUT2D eigenvalue weighted by Crippen LogP contribution is -2.52. The maximum Gasteiger partial charge on any atom is 0.226 e. The first kappa shape index (κ1) is 17.4. The monoisotopic (exact) mass is 257 g/mol. The second-order valence-electron chi connectivity index (χ2n) is 6.88. The van der Waals surface area contributed by atoms with Crippen molar-refractivity contribution in [2.45, 2.75) is 73.5 Å². The topological polar surface area (TPSA) is 38.3 Å². The van der Waals surface area contributed by atoms with E-state index >= 15 is 0 Å². The molecule has 0 unspecified atom stereocenters. The highest BCUT2D eigenvalue weighted by molar-refractivity contribution is 5.82. The Hall–Kier alpha value is -0.570. The smallest absolute Gasteiger partial charge is 0.226 e. The fourth-order valence-electron chi connectivity index (χ4n) is 1.27. The van der Waals surface area contributed by atoms with Crippen LogP contribution >= 0.6 is 0 Å². The summed E-state index contributed by atoms with van der Waals surface area (Å²) in [6.45, 7) is 17.0. The molecule has 0 heterocycles. The summed E-state index contributed by atoms with van der Waals surface area (Å²) in [5.74, 6) is 0.512. The summed E-state index contributed by atoms with van der Waals surface area (Å²) in [6.07, 6.45) is 0.960. The SMILES string of the molecule is CC(C)OCCC(C)(C)C(=O)NC(C)(C)C(C)C. The van der Waals surface area contributed by atoms with Gasteiger partial charge in [-0.05, 0) is 40.0 Å². The molecule has 0 atom stereocenters. The first-order chi connectivity index (χ1) is 7.99. The molecule has 0 saturated carbocycles. The lowest BCUT2D eigenvalue weighted by atomic mass is 9.85. The number of ether oxygens (including phenoxy) is 1. The minimum Gasteiger partial charge on any atom is -0.379 e. The Labute approximate surface area is 113 Å². The second kappa shape index (κ2) is 6.55. The normalized spacial score (nSPS) is 13.2. The van der Waals surface area contributed by atoms with Gasteiger partial charge in [-0.2, -0.15) is 0 Å². The Morgan fingerprint density at radius 2 is 1.61 bits per heavy atom. The first-order valence-electron chi connectivity index (χ1n) is 6.93. The number of carbonyl (C=O) groups is 1. The lowest BCUT2D eigenvalue weighted by Gasteiger charge is -2.35. The van der Waals surface area contributed by atoms with Crippen molar-refractivity contribution >= 4 is 5.91 Å². The largest absolute Gasteiger partial charge is 0.379 e. The maximum absolute atomic E-state index is 12.3. The van der Waals surface area contributed by atoms with Crippen LogP contribution in [0.1, 0.15) is 61.8 Å². The van der Waals surface area contributed by atoms with Crippen LogP contribution in [0.3, 0.4) is 0 Å². The zero-order valence-corrected chi connectivity index (χ0v) is 13.4. The fraction of sp³-hybridized carbons (Fsp3) is 0.933. The summed E-state index contributed by atoms with van der Waals surface area (Å²) in [7, 11) is 0. The van der Waals surface area contributed by atoms with Crippen molar-refractivity contribution in [3.63, 3.8) is 0 Å². The zero-order chi connectivity index (χ0) is 14.6. The highest BCUT2D eigenvalue weighted by atomic mass is 16.5. The molecule has 0 fully saturated rings. The van der Waals surface area contributed by atoms with E-state index in [4.69, 9.17) is 4.74 Å². The van der Waals surface area contributed by atoms with Gasteiger partial charge in [0.1, 0.15) is 0 Å². The quantitative estimate of drug-likeness (QED) is 0.759. The van der Waals surface area contributed by atoms with Gasteiger partial charge in [0, 0.05) is 17.6 Å². The van der Waals surface area contributed by atoms with Crippen molar-refractivity contribution in [3.05, 3.63) is 0 Å². The molecule has 0 aliphatic heterocycles. The van der Waals surface area contributed by atoms with E-state index in [-0.39, 0.29) is 23.0 Å². The van der Waals surface area contributed by atoms with Gasteiger partial charge in [0.25, 0.3) is 0 Å². The minimum absolute atomic E-state index is 0.105. The molecule has 0 rings (SSSR count). The van der Waals surface area contributed by atoms with Gasteiger partial charge in [0.15, 0.2) is 0 Å². The Balaban J connectivity index is 4.38. The first-order valence-corrected chi connectivity index (χ1v) is 6.93. The molecule has 0 aromatic rings. The van der Waals surface area contributed by atoms with E-state index in [1.807, 2.05) is 27.7 Å². The van der Waals surface area contributed by atoms with Crippen molar-refractivity contribution in [3.8, 4) is 0 Å². The number of amides is 1. The predicted molar refractivity (Wildman–Crippen MR) is 76.5 cm³/mol. The van der Waals surface area contributed by atoms with Crippen molar-refractivity contribution < 1.29 is 9.53 Å². The third-order valence-electron chi connectivity index (χ3n) is 3.67. The molecule has 0 aliphatic rings. The van der Waals surface area contributed by atoms with Gasteiger partial charge < -0.3 is 10.1 Å². The number of nitrogens with one attached hydrogen (secondary N) is 1. The highest BCUT2D eigenvalue weighted by Gasteiger charge is 2.33. The summed E-state index contributed by atoms with van der Waals surface area (Å²) in [5.41, 5.74) is -0.561. The summed E-state index contributed by atoms with van der Waals surface area (Å²) in [6, 6.07) is 0. The lowest BCUT2D eigenvalue weighted by molar-refractivity contribution is -0.132. The average Bonchev–Trinajstić information content (AvgIpc) is 2.15. The van der Waals surface area contributed by atoms with Crippen LogP contribution in [0.15, 0.2) is 0 Å². The zero-order valence-electron chi connectivity index (χ0n) is 13.4. The van der Waals surface area contributed by atoms with Gasteiger partial charge in [0.2, 0.25) is 5.91 Å². The van der Waals surface area contributed by atoms with Crippen LogP contribution in [0.4, 0.5) is 0 Å². The number of hydrogen-bond donors (Lipinski definition) is 1. The maximum atomic E-state index is 12.3. The molecular formula is C15H31NO2. The standard InChI is InChI=1S/C15H31NO2/c1-11(2)15(7,8)16-13(17)14(5,6)9-10-18-12(3)4/h11-12H,9-10H2,1-8H3,(H,16,17). The van der Waals surface area contributed by atoms with E-state index in [2.05, 4.69) is 33.0 Å². The van der Waals surface area contributed by atoms with Crippen LogP contribution in [0.2, 0.25) is 0 Å². The van der Waals surface area contributed by atoms with Gasteiger partial charge in [-0.15, -0.1) is 0 Å². The van der Waals surface area contributed by atoms with Gasteiger partial charge in [0.05, 0.1) is 6.10 Å². The average molecular weight is 257 g/mol.